The average Bonchev–Trinajstić information content (AvgIpc) is 2.99. The van der Waals surface area contributed by atoms with Crippen molar-refractivity contribution in [2.75, 3.05) is 6.61 Å². The molecule has 0 bridgehead atoms. The van der Waals surface area contributed by atoms with Gasteiger partial charge in [-0.25, -0.2) is 0 Å². The van der Waals surface area contributed by atoms with Crippen molar-refractivity contribution in [1.29, 1.82) is 0 Å². The summed E-state index contributed by atoms with van der Waals surface area (Å²) in [4.78, 5) is 13.3. The molecule has 1 unspecified atom stereocenters. The maximum Gasteiger partial charge on any atom is 0.319 e. The third-order valence-electron chi connectivity index (χ3n) is 4.21. The second kappa shape index (κ2) is 8.65. The molecule has 136 valence electrons. The summed E-state index contributed by atoms with van der Waals surface area (Å²) in [5.41, 5.74) is 2.34. The zero-order valence-corrected chi connectivity index (χ0v) is 16.5. The lowest BCUT2D eigenvalue weighted by Crippen LogP contribution is -2.19. The molecule has 0 spiro atoms. The molecule has 2 aromatic carbocycles. The SMILES string of the molecule is CCOC(=O)C(CC)Sc1cn(Cc2ccc(Cl)cc2)c2ccccc12. The number of aromatic nitrogens is 1. The molecular formula is C21H22ClNO2S. The Balaban J connectivity index is 1.91. The normalized spacial score (nSPS) is 12.3. The van der Waals surface area contributed by atoms with E-state index in [4.69, 9.17) is 16.3 Å². The molecule has 3 nitrogen and oxygen atoms in total. The standard InChI is InChI=1S/C21H22ClNO2S/c1-3-19(21(24)25-4-2)26-20-14-23(18-8-6-5-7-17(18)20)13-15-9-11-16(22)12-10-15/h5-12,14,19H,3-4,13H2,1-2H3. The van der Waals surface area contributed by atoms with Gasteiger partial charge in [-0.1, -0.05) is 48.9 Å². The fourth-order valence-electron chi connectivity index (χ4n) is 2.91. The largest absolute Gasteiger partial charge is 0.465 e. The highest BCUT2D eigenvalue weighted by Crippen LogP contribution is 2.34. The van der Waals surface area contributed by atoms with Crippen LogP contribution >= 0.6 is 23.4 Å². The van der Waals surface area contributed by atoms with Gasteiger partial charge in [0.1, 0.15) is 5.25 Å². The number of fused-ring (bicyclic) bond motifs is 1. The first-order valence-electron chi connectivity index (χ1n) is 8.78. The van der Waals surface area contributed by atoms with Crippen LogP contribution in [-0.2, 0) is 16.1 Å². The van der Waals surface area contributed by atoms with Crippen molar-refractivity contribution < 1.29 is 9.53 Å². The molecule has 0 saturated carbocycles. The number of hydrogen-bond donors (Lipinski definition) is 0. The fraction of sp³-hybridized carbons (Fsp3) is 0.286. The quantitative estimate of drug-likeness (QED) is 0.380. The van der Waals surface area contributed by atoms with Crippen LogP contribution < -0.4 is 0 Å². The minimum absolute atomic E-state index is 0.144. The predicted molar refractivity (Wildman–Crippen MR) is 109 cm³/mol. The van der Waals surface area contributed by atoms with Gasteiger partial charge in [-0.3, -0.25) is 4.79 Å². The number of hydrogen-bond acceptors (Lipinski definition) is 3. The number of ether oxygens (including phenoxy) is 1. The smallest absolute Gasteiger partial charge is 0.319 e. The maximum atomic E-state index is 12.2. The van der Waals surface area contributed by atoms with Crippen molar-refractivity contribution >= 4 is 40.2 Å². The molecule has 3 rings (SSSR count). The summed E-state index contributed by atoms with van der Waals surface area (Å²) in [6, 6.07) is 16.2. The molecule has 0 aliphatic heterocycles. The summed E-state index contributed by atoms with van der Waals surface area (Å²) in [6.45, 7) is 5.03. The molecule has 26 heavy (non-hydrogen) atoms. The van der Waals surface area contributed by atoms with Crippen LogP contribution in [0.3, 0.4) is 0 Å². The molecule has 0 saturated heterocycles. The van der Waals surface area contributed by atoms with Crippen LogP contribution in [0.5, 0.6) is 0 Å². The van der Waals surface area contributed by atoms with Crippen molar-refractivity contribution in [1.82, 2.24) is 4.57 Å². The molecule has 1 aromatic heterocycles. The van der Waals surface area contributed by atoms with E-state index >= 15 is 0 Å². The number of benzene rings is 2. The summed E-state index contributed by atoms with van der Waals surface area (Å²) in [5.74, 6) is -0.144. The maximum absolute atomic E-state index is 12.2. The second-order valence-electron chi connectivity index (χ2n) is 6.03. The van der Waals surface area contributed by atoms with Crippen LogP contribution in [0.25, 0.3) is 10.9 Å². The third kappa shape index (κ3) is 4.25. The van der Waals surface area contributed by atoms with Gasteiger partial charge in [0.15, 0.2) is 0 Å². The van der Waals surface area contributed by atoms with Gasteiger partial charge in [-0.15, -0.1) is 11.8 Å². The number of carbonyl (C=O) groups excluding carboxylic acids is 1. The molecule has 0 aliphatic carbocycles. The number of carbonyl (C=O) groups is 1. The van der Waals surface area contributed by atoms with Gasteiger partial charge in [-0.2, -0.15) is 0 Å². The molecule has 3 aromatic rings. The van der Waals surface area contributed by atoms with E-state index in [1.165, 1.54) is 5.56 Å². The molecule has 5 heteroatoms. The van der Waals surface area contributed by atoms with E-state index in [0.29, 0.717) is 6.61 Å². The third-order valence-corrected chi connectivity index (χ3v) is 5.85. The molecule has 0 radical (unpaired) electrons. The van der Waals surface area contributed by atoms with Crippen LogP contribution in [0.1, 0.15) is 25.8 Å². The summed E-state index contributed by atoms with van der Waals surface area (Å²) in [7, 11) is 0. The van der Waals surface area contributed by atoms with Gasteiger partial charge in [0.05, 0.1) is 6.61 Å². The summed E-state index contributed by atoms with van der Waals surface area (Å²) in [6.07, 6.45) is 2.87. The number of halogens is 1. The monoisotopic (exact) mass is 387 g/mol. The first-order chi connectivity index (χ1) is 12.6. The van der Waals surface area contributed by atoms with Gasteiger partial charge < -0.3 is 9.30 Å². The van der Waals surface area contributed by atoms with Gasteiger partial charge in [0.25, 0.3) is 0 Å². The van der Waals surface area contributed by atoms with Crippen molar-refractivity contribution in [3.8, 4) is 0 Å². The Morgan fingerprint density at radius 3 is 2.58 bits per heavy atom. The molecule has 1 atom stereocenters. The Hall–Kier alpha value is -1.91. The van der Waals surface area contributed by atoms with Crippen molar-refractivity contribution in [3.05, 3.63) is 65.3 Å². The first kappa shape index (κ1) is 18.9. The van der Waals surface area contributed by atoms with Crippen molar-refractivity contribution in [2.45, 2.75) is 37.0 Å². The molecule has 0 N–H and O–H groups in total. The highest BCUT2D eigenvalue weighted by molar-refractivity contribution is 8.00. The number of nitrogens with zero attached hydrogens (tertiary/aromatic N) is 1. The number of thioether (sulfide) groups is 1. The van der Waals surface area contributed by atoms with Crippen LogP contribution in [0, 0.1) is 0 Å². The van der Waals surface area contributed by atoms with E-state index in [1.54, 1.807) is 11.8 Å². The number of rotatable bonds is 7. The summed E-state index contributed by atoms with van der Waals surface area (Å²) in [5, 5.41) is 1.71. The van der Waals surface area contributed by atoms with Crippen LogP contribution in [-0.4, -0.2) is 22.4 Å². The summed E-state index contributed by atoms with van der Waals surface area (Å²) >= 11 is 7.57. The Labute approximate surface area is 163 Å². The minimum Gasteiger partial charge on any atom is -0.465 e. The van der Waals surface area contributed by atoms with Gasteiger partial charge in [0, 0.05) is 33.6 Å². The lowest BCUT2D eigenvalue weighted by atomic mass is 10.2. The Morgan fingerprint density at radius 1 is 1.15 bits per heavy atom. The second-order valence-corrected chi connectivity index (χ2v) is 7.71. The van der Waals surface area contributed by atoms with Crippen molar-refractivity contribution in [2.24, 2.45) is 0 Å². The van der Waals surface area contributed by atoms with Crippen LogP contribution in [0.4, 0.5) is 0 Å². The highest BCUT2D eigenvalue weighted by atomic mass is 35.5. The lowest BCUT2D eigenvalue weighted by Gasteiger charge is -2.12. The molecule has 0 amide bonds. The molecule has 1 heterocycles. The van der Waals surface area contributed by atoms with Gasteiger partial charge >= 0.3 is 5.97 Å². The molecule has 0 fully saturated rings. The van der Waals surface area contributed by atoms with Crippen LogP contribution in [0.2, 0.25) is 5.02 Å². The van der Waals surface area contributed by atoms with E-state index in [9.17, 15) is 4.79 Å². The zero-order valence-electron chi connectivity index (χ0n) is 14.9. The topological polar surface area (TPSA) is 31.2 Å². The minimum atomic E-state index is -0.190. The highest BCUT2D eigenvalue weighted by Gasteiger charge is 2.21. The van der Waals surface area contributed by atoms with E-state index < -0.39 is 0 Å². The fourth-order valence-corrected chi connectivity index (χ4v) is 4.16. The van der Waals surface area contributed by atoms with E-state index in [-0.39, 0.29) is 11.2 Å². The summed E-state index contributed by atoms with van der Waals surface area (Å²) < 4.78 is 7.43. The van der Waals surface area contributed by atoms with E-state index in [1.807, 2.05) is 50.2 Å². The average molecular weight is 388 g/mol. The lowest BCUT2D eigenvalue weighted by molar-refractivity contribution is -0.142. The first-order valence-corrected chi connectivity index (χ1v) is 10.0. The van der Waals surface area contributed by atoms with Crippen LogP contribution in [0.15, 0.2) is 59.6 Å². The Bertz CT molecular complexity index is 889. The molecule has 0 aliphatic rings. The van der Waals surface area contributed by atoms with Gasteiger partial charge in [-0.05, 0) is 37.1 Å². The van der Waals surface area contributed by atoms with Crippen molar-refractivity contribution in [3.63, 3.8) is 0 Å². The number of para-hydroxylation sites is 1. The predicted octanol–water partition coefficient (Wildman–Crippen LogP) is 5.78. The Morgan fingerprint density at radius 2 is 1.88 bits per heavy atom. The number of esters is 1. The van der Waals surface area contributed by atoms with Gasteiger partial charge in [0.2, 0.25) is 0 Å². The zero-order chi connectivity index (χ0) is 18.5. The van der Waals surface area contributed by atoms with E-state index in [2.05, 4.69) is 22.9 Å². The van der Waals surface area contributed by atoms with E-state index in [0.717, 1.165) is 33.8 Å². The Kier molecular flexibility index (Phi) is 6.28. The molecular weight excluding hydrogens is 366 g/mol.